The Kier molecular flexibility index (Phi) is 4.54. The number of aliphatic hydroxyl groups excluding tert-OH is 1. The van der Waals surface area contributed by atoms with Crippen molar-refractivity contribution in [1.82, 2.24) is 5.32 Å². The number of rotatable bonds is 4. The molecule has 94 valence electrons. The molecule has 0 spiro atoms. The number of methoxy groups -OCH3 is 1. The van der Waals surface area contributed by atoms with Gasteiger partial charge in [0, 0.05) is 5.56 Å². The van der Waals surface area contributed by atoms with Crippen molar-refractivity contribution in [3.63, 3.8) is 0 Å². The lowest BCUT2D eigenvalue weighted by Gasteiger charge is -2.23. The van der Waals surface area contributed by atoms with Crippen molar-refractivity contribution in [2.24, 2.45) is 0 Å². The summed E-state index contributed by atoms with van der Waals surface area (Å²) in [6.45, 7) is 3.39. The van der Waals surface area contributed by atoms with Gasteiger partial charge in [-0.3, -0.25) is 4.79 Å². The molecular weight excluding hydrogens is 286 g/mol. The van der Waals surface area contributed by atoms with Crippen molar-refractivity contribution in [2.75, 3.05) is 13.7 Å². The molecule has 0 heterocycles. The first-order valence-electron chi connectivity index (χ1n) is 5.16. The third-order valence-corrected chi connectivity index (χ3v) is 2.88. The Balaban J connectivity index is 2.87. The summed E-state index contributed by atoms with van der Waals surface area (Å²) in [5.74, 6) is 0.440. The Morgan fingerprint density at radius 1 is 1.53 bits per heavy atom. The lowest BCUT2D eigenvalue weighted by molar-refractivity contribution is 0.0869. The number of halogens is 1. The fourth-order valence-electron chi connectivity index (χ4n) is 1.23. The third kappa shape index (κ3) is 3.71. The normalized spacial score (nSPS) is 11.1. The summed E-state index contributed by atoms with van der Waals surface area (Å²) in [5.41, 5.74) is -0.122. The molecule has 17 heavy (non-hydrogen) atoms. The van der Waals surface area contributed by atoms with Gasteiger partial charge in [0.1, 0.15) is 5.75 Å². The maximum atomic E-state index is 11.9. The molecule has 4 nitrogen and oxygen atoms in total. The summed E-state index contributed by atoms with van der Waals surface area (Å²) in [6, 6.07) is 5.07. The van der Waals surface area contributed by atoms with Crippen LogP contribution in [0, 0.1) is 0 Å². The number of carbonyl (C=O) groups excluding carboxylic acids is 1. The van der Waals surface area contributed by atoms with Crippen molar-refractivity contribution in [3.05, 3.63) is 28.2 Å². The molecule has 0 saturated heterocycles. The minimum Gasteiger partial charge on any atom is -0.496 e. The van der Waals surface area contributed by atoms with Gasteiger partial charge in [-0.25, -0.2) is 0 Å². The van der Waals surface area contributed by atoms with Crippen LogP contribution in [0.25, 0.3) is 0 Å². The monoisotopic (exact) mass is 301 g/mol. The number of hydrogen-bond donors (Lipinski definition) is 2. The number of aliphatic hydroxyl groups is 1. The Labute approximate surface area is 109 Å². The first kappa shape index (κ1) is 14.0. The van der Waals surface area contributed by atoms with Gasteiger partial charge in [0.25, 0.3) is 5.91 Å². The third-order valence-electron chi connectivity index (χ3n) is 2.26. The van der Waals surface area contributed by atoms with Crippen LogP contribution >= 0.6 is 15.9 Å². The SMILES string of the molecule is COc1ccc(C(=O)NC(C)(C)CO)cc1Br. The van der Waals surface area contributed by atoms with E-state index in [0.29, 0.717) is 11.3 Å². The van der Waals surface area contributed by atoms with Gasteiger partial charge in [-0.15, -0.1) is 0 Å². The summed E-state index contributed by atoms with van der Waals surface area (Å²) in [7, 11) is 1.56. The maximum absolute atomic E-state index is 11.9. The average molecular weight is 302 g/mol. The second-order valence-corrected chi connectivity index (χ2v) is 5.20. The van der Waals surface area contributed by atoms with Gasteiger partial charge in [-0.2, -0.15) is 0 Å². The van der Waals surface area contributed by atoms with E-state index in [-0.39, 0.29) is 12.5 Å². The number of benzene rings is 1. The number of carbonyl (C=O) groups is 1. The maximum Gasteiger partial charge on any atom is 0.251 e. The minimum absolute atomic E-state index is 0.115. The van der Waals surface area contributed by atoms with Gasteiger partial charge in [0.05, 0.1) is 23.7 Å². The Morgan fingerprint density at radius 3 is 2.65 bits per heavy atom. The van der Waals surface area contributed by atoms with E-state index < -0.39 is 5.54 Å². The van der Waals surface area contributed by atoms with Crippen LogP contribution in [-0.4, -0.2) is 30.3 Å². The molecule has 0 bridgehead atoms. The fourth-order valence-corrected chi connectivity index (χ4v) is 1.77. The zero-order valence-electron chi connectivity index (χ0n) is 10.1. The first-order valence-corrected chi connectivity index (χ1v) is 5.96. The molecule has 0 aromatic heterocycles. The quantitative estimate of drug-likeness (QED) is 0.894. The minimum atomic E-state index is -0.635. The second-order valence-electron chi connectivity index (χ2n) is 4.35. The number of amides is 1. The molecule has 0 aliphatic carbocycles. The molecule has 1 rings (SSSR count). The van der Waals surface area contributed by atoms with Gasteiger partial charge < -0.3 is 15.2 Å². The highest BCUT2D eigenvalue weighted by Gasteiger charge is 2.20. The highest BCUT2D eigenvalue weighted by Crippen LogP contribution is 2.25. The molecule has 0 saturated carbocycles. The summed E-state index contributed by atoms with van der Waals surface area (Å²) >= 11 is 3.32. The standard InChI is InChI=1S/C12H16BrNO3/c1-12(2,7-15)14-11(16)8-4-5-10(17-3)9(13)6-8/h4-6,15H,7H2,1-3H3,(H,14,16). The van der Waals surface area contributed by atoms with Crippen molar-refractivity contribution < 1.29 is 14.6 Å². The first-order chi connectivity index (χ1) is 7.89. The summed E-state index contributed by atoms with van der Waals surface area (Å²) < 4.78 is 5.80. The summed E-state index contributed by atoms with van der Waals surface area (Å²) in [6.07, 6.45) is 0. The highest BCUT2D eigenvalue weighted by molar-refractivity contribution is 9.10. The van der Waals surface area contributed by atoms with Gasteiger partial charge >= 0.3 is 0 Å². The van der Waals surface area contributed by atoms with Crippen LogP contribution in [-0.2, 0) is 0 Å². The topological polar surface area (TPSA) is 58.6 Å². The molecule has 1 aromatic carbocycles. The van der Waals surface area contributed by atoms with E-state index in [1.807, 2.05) is 0 Å². The number of hydrogen-bond acceptors (Lipinski definition) is 3. The predicted molar refractivity (Wildman–Crippen MR) is 69.3 cm³/mol. The van der Waals surface area contributed by atoms with Crippen LogP contribution in [0.3, 0.4) is 0 Å². The zero-order valence-corrected chi connectivity index (χ0v) is 11.7. The van der Waals surface area contributed by atoms with Gasteiger partial charge in [0.2, 0.25) is 0 Å². The zero-order chi connectivity index (χ0) is 13.1. The average Bonchev–Trinajstić information content (AvgIpc) is 2.28. The second kappa shape index (κ2) is 5.51. The van der Waals surface area contributed by atoms with Crippen LogP contribution in [0.5, 0.6) is 5.75 Å². The fraction of sp³-hybridized carbons (Fsp3) is 0.417. The molecule has 0 aliphatic heterocycles. The molecule has 0 fully saturated rings. The Morgan fingerprint density at radius 2 is 2.18 bits per heavy atom. The molecule has 5 heteroatoms. The molecule has 0 atom stereocenters. The largest absolute Gasteiger partial charge is 0.496 e. The van der Waals surface area contributed by atoms with Gasteiger partial charge in [0.15, 0.2) is 0 Å². The van der Waals surface area contributed by atoms with E-state index in [1.165, 1.54) is 0 Å². The van der Waals surface area contributed by atoms with E-state index in [9.17, 15) is 4.79 Å². The number of nitrogens with one attached hydrogen (secondary N) is 1. The van der Waals surface area contributed by atoms with Crippen LogP contribution in [0.4, 0.5) is 0 Å². The van der Waals surface area contributed by atoms with E-state index in [4.69, 9.17) is 9.84 Å². The van der Waals surface area contributed by atoms with Crippen molar-refractivity contribution in [3.8, 4) is 5.75 Å². The Bertz CT molecular complexity index is 418. The highest BCUT2D eigenvalue weighted by atomic mass is 79.9. The molecule has 0 radical (unpaired) electrons. The molecule has 0 unspecified atom stereocenters. The van der Waals surface area contributed by atoms with E-state index in [1.54, 1.807) is 39.2 Å². The number of ether oxygens (including phenoxy) is 1. The van der Waals surface area contributed by atoms with Crippen LogP contribution in [0.1, 0.15) is 24.2 Å². The van der Waals surface area contributed by atoms with Crippen LogP contribution < -0.4 is 10.1 Å². The summed E-state index contributed by atoms with van der Waals surface area (Å²) in [5, 5.41) is 11.8. The van der Waals surface area contributed by atoms with Gasteiger partial charge in [-0.05, 0) is 48.0 Å². The molecule has 0 aliphatic rings. The lowest BCUT2D eigenvalue weighted by atomic mass is 10.1. The smallest absolute Gasteiger partial charge is 0.251 e. The van der Waals surface area contributed by atoms with Crippen LogP contribution in [0.15, 0.2) is 22.7 Å². The van der Waals surface area contributed by atoms with E-state index in [0.717, 1.165) is 4.47 Å². The van der Waals surface area contributed by atoms with Gasteiger partial charge in [-0.1, -0.05) is 0 Å². The van der Waals surface area contributed by atoms with E-state index >= 15 is 0 Å². The molecule has 1 amide bonds. The molecule has 1 aromatic rings. The predicted octanol–water partition coefficient (Wildman–Crippen LogP) is 1.96. The van der Waals surface area contributed by atoms with Crippen LogP contribution in [0.2, 0.25) is 0 Å². The van der Waals surface area contributed by atoms with E-state index in [2.05, 4.69) is 21.2 Å². The molecular formula is C12H16BrNO3. The molecule has 2 N–H and O–H groups in total. The van der Waals surface area contributed by atoms with Crippen molar-refractivity contribution >= 4 is 21.8 Å². The lowest BCUT2D eigenvalue weighted by Crippen LogP contribution is -2.46. The van der Waals surface area contributed by atoms with Crippen molar-refractivity contribution in [2.45, 2.75) is 19.4 Å². The van der Waals surface area contributed by atoms with Crippen molar-refractivity contribution in [1.29, 1.82) is 0 Å². The summed E-state index contributed by atoms with van der Waals surface area (Å²) in [4.78, 5) is 11.9. The Hall–Kier alpha value is -1.07.